The standard InChI is InChI=1S/C32H52Si3/c1-33(2,3)23-24-18-19-26(22-24)34(4,5)35(6,7)32-21-20-30-29(16-11-17-31(30)32)28-15-10-13-25-12-8-9-14-27(25)28/h8-10,12-15,24,26,29-32H,11,16-23H2,1-7H3. The Kier molecular flexibility index (Phi) is 7.11. The summed E-state index contributed by atoms with van der Waals surface area (Å²) >= 11 is 0. The molecule has 3 aliphatic rings. The lowest BCUT2D eigenvalue weighted by Gasteiger charge is -2.50. The molecule has 5 rings (SSSR count). The molecule has 0 heterocycles. The van der Waals surface area contributed by atoms with Crippen LogP contribution in [0.5, 0.6) is 0 Å². The normalized spacial score (nSPS) is 32.2. The van der Waals surface area contributed by atoms with Crippen molar-refractivity contribution in [2.45, 2.75) is 120 Å². The molecule has 0 aliphatic heterocycles. The third kappa shape index (κ3) is 4.83. The van der Waals surface area contributed by atoms with Gasteiger partial charge in [-0.15, -0.1) is 0 Å². The van der Waals surface area contributed by atoms with Gasteiger partial charge in [0.25, 0.3) is 0 Å². The molecule has 0 saturated heterocycles. The maximum absolute atomic E-state index is 2.89. The lowest BCUT2D eigenvalue weighted by Crippen LogP contribution is -2.61. The molecule has 2 aromatic carbocycles. The van der Waals surface area contributed by atoms with E-state index >= 15 is 0 Å². The number of rotatable bonds is 6. The number of benzene rings is 2. The Balaban J connectivity index is 1.36. The zero-order valence-electron chi connectivity index (χ0n) is 23.9. The monoisotopic (exact) mass is 520 g/mol. The Bertz CT molecular complexity index is 1030. The van der Waals surface area contributed by atoms with Gasteiger partial charge in [-0.3, -0.25) is 0 Å². The van der Waals surface area contributed by atoms with Crippen LogP contribution >= 0.6 is 0 Å². The van der Waals surface area contributed by atoms with E-state index in [1.54, 1.807) is 37.3 Å². The third-order valence-electron chi connectivity index (χ3n) is 11.7. The Hall–Kier alpha value is -0.649. The number of fused-ring (bicyclic) bond motifs is 2. The van der Waals surface area contributed by atoms with Crippen molar-refractivity contribution in [3.8, 4) is 0 Å². The van der Waals surface area contributed by atoms with Crippen LogP contribution in [0.15, 0.2) is 42.5 Å². The molecular formula is C32H52Si3. The van der Waals surface area contributed by atoms with E-state index in [2.05, 4.69) is 88.3 Å². The fourth-order valence-electron chi connectivity index (χ4n) is 9.44. The maximum Gasteiger partial charge on any atom is 0.0448 e. The summed E-state index contributed by atoms with van der Waals surface area (Å²) in [7, 11) is -3.48. The molecule has 0 aromatic heterocycles. The first-order chi connectivity index (χ1) is 16.5. The molecule has 3 saturated carbocycles. The highest BCUT2D eigenvalue weighted by Crippen LogP contribution is 2.61. The first-order valence-electron chi connectivity index (χ1n) is 15.0. The van der Waals surface area contributed by atoms with E-state index in [4.69, 9.17) is 0 Å². The number of hydrogen-bond acceptors (Lipinski definition) is 0. The first kappa shape index (κ1) is 26.0. The van der Waals surface area contributed by atoms with Gasteiger partial charge in [-0.2, -0.15) is 0 Å². The van der Waals surface area contributed by atoms with Crippen molar-refractivity contribution in [3.63, 3.8) is 0 Å². The third-order valence-corrected chi connectivity index (χ3v) is 34.3. The van der Waals surface area contributed by atoms with Gasteiger partial charge < -0.3 is 0 Å². The van der Waals surface area contributed by atoms with Gasteiger partial charge >= 0.3 is 0 Å². The van der Waals surface area contributed by atoms with Gasteiger partial charge in [-0.05, 0) is 63.9 Å². The van der Waals surface area contributed by atoms with Gasteiger partial charge in [0, 0.05) is 23.3 Å². The van der Waals surface area contributed by atoms with Crippen LogP contribution in [0, 0.1) is 17.8 Å². The lowest BCUT2D eigenvalue weighted by molar-refractivity contribution is 0.238. The second-order valence-corrected chi connectivity index (χ2v) is 36.9. The Morgan fingerprint density at radius 1 is 0.686 bits per heavy atom. The highest BCUT2D eigenvalue weighted by Gasteiger charge is 2.57. The average Bonchev–Trinajstić information content (AvgIpc) is 3.45. The summed E-state index contributed by atoms with van der Waals surface area (Å²) in [6.45, 7) is 19.3. The van der Waals surface area contributed by atoms with Gasteiger partial charge in [-0.1, -0.05) is 133 Å². The van der Waals surface area contributed by atoms with Gasteiger partial charge in [0.1, 0.15) is 0 Å². The van der Waals surface area contributed by atoms with Gasteiger partial charge in [-0.25, -0.2) is 0 Å². The first-order valence-corrected chi connectivity index (χ1v) is 25.8. The van der Waals surface area contributed by atoms with Crippen molar-refractivity contribution in [1.29, 1.82) is 0 Å². The van der Waals surface area contributed by atoms with Gasteiger partial charge in [0.15, 0.2) is 0 Å². The summed E-state index contributed by atoms with van der Waals surface area (Å²) in [5, 5.41) is 2.98. The van der Waals surface area contributed by atoms with E-state index in [0.717, 1.165) is 34.8 Å². The zero-order chi connectivity index (χ0) is 25.0. The van der Waals surface area contributed by atoms with Crippen molar-refractivity contribution >= 4 is 34.0 Å². The molecular weight excluding hydrogens is 469 g/mol. The molecule has 0 bridgehead atoms. The highest BCUT2D eigenvalue weighted by atomic mass is 29.3. The molecule has 0 N–H and O–H groups in total. The Morgan fingerprint density at radius 2 is 1.43 bits per heavy atom. The van der Waals surface area contributed by atoms with E-state index in [1.807, 2.05) is 0 Å². The Morgan fingerprint density at radius 3 is 2.20 bits per heavy atom. The minimum atomic E-state index is -1.29. The SMILES string of the molecule is C[Si](C)(C)CC1CCC([Si](C)(C)[Si](C)(C)C2CCC3C(c4cccc5ccccc45)CCCC32)C1. The molecule has 35 heavy (non-hydrogen) atoms. The van der Waals surface area contributed by atoms with E-state index in [-0.39, 0.29) is 0 Å². The van der Waals surface area contributed by atoms with E-state index < -0.39 is 23.3 Å². The largest absolute Gasteiger partial charge is 0.0711 e. The topological polar surface area (TPSA) is 0 Å². The molecule has 0 radical (unpaired) electrons. The second kappa shape index (κ2) is 9.58. The van der Waals surface area contributed by atoms with Crippen LogP contribution in [-0.4, -0.2) is 23.3 Å². The minimum absolute atomic E-state index is 0.798. The predicted octanol–water partition coefficient (Wildman–Crippen LogP) is 10.5. The van der Waals surface area contributed by atoms with Crippen molar-refractivity contribution in [3.05, 3.63) is 48.0 Å². The summed E-state index contributed by atoms with van der Waals surface area (Å²) in [5.74, 6) is 3.82. The molecule has 0 nitrogen and oxygen atoms in total. The van der Waals surface area contributed by atoms with Crippen LogP contribution in [-0.2, 0) is 0 Å². The van der Waals surface area contributed by atoms with Crippen LogP contribution < -0.4 is 0 Å². The molecule has 0 spiro atoms. The van der Waals surface area contributed by atoms with Crippen molar-refractivity contribution in [2.75, 3.05) is 0 Å². The second-order valence-electron chi connectivity index (χ2n) is 15.2. The predicted molar refractivity (Wildman–Crippen MR) is 165 cm³/mol. The number of hydrogen-bond donors (Lipinski definition) is 0. The molecule has 3 fully saturated rings. The minimum Gasteiger partial charge on any atom is -0.0711 e. The van der Waals surface area contributed by atoms with Crippen LogP contribution in [0.25, 0.3) is 10.8 Å². The molecule has 6 unspecified atom stereocenters. The molecule has 3 aliphatic carbocycles. The molecule has 3 heteroatoms. The summed E-state index contributed by atoms with van der Waals surface area (Å²) in [5.41, 5.74) is 3.88. The smallest absolute Gasteiger partial charge is 0.0448 e. The van der Waals surface area contributed by atoms with Gasteiger partial charge in [0.05, 0.1) is 0 Å². The fraction of sp³-hybridized carbons (Fsp3) is 0.688. The van der Waals surface area contributed by atoms with Crippen molar-refractivity contribution < 1.29 is 0 Å². The molecule has 6 atom stereocenters. The Labute approximate surface area is 219 Å². The van der Waals surface area contributed by atoms with Crippen molar-refractivity contribution in [2.24, 2.45) is 17.8 Å². The van der Waals surface area contributed by atoms with Gasteiger partial charge in [0.2, 0.25) is 0 Å². The highest BCUT2D eigenvalue weighted by molar-refractivity contribution is 7.41. The fourth-order valence-corrected chi connectivity index (χ4v) is 25.6. The van der Waals surface area contributed by atoms with Crippen LogP contribution in [0.2, 0.25) is 63.0 Å². The average molecular weight is 521 g/mol. The summed E-state index contributed by atoms with van der Waals surface area (Å²) in [6.07, 6.45) is 12.2. The van der Waals surface area contributed by atoms with E-state index in [0.29, 0.717) is 0 Å². The van der Waals surface area contributed by atoms with Crippen LogP contribution in [0.3, 0.4) is 0 Å². The summed E-state index contributed by atoms with van der Waals surface area (Å²) in [4.78, 5) is 0. The summed E-state index contributed by atoms with van der Waals surface area (Å²) in [6, 6.07) is 17.9. The lowest BCUT2D eigenvalue weighted by atomic mass is 9.70. The molecule has 2 aromatic rings. The molecule has 0 amide bonds. The summed E-state index contributed by atoms with van der Waals surface area (Å²) < 4.78 is 0. The van der Waals surface area contributed by atoms with Crippen molar-refractivity contribution in [1.82, 2.24) is 0 Å². The van der Waals surface area contributed by atoms with E-state index in [9.17, 15) is 0 Å². The zero-order valence-corrected chi connectivity index (χ0v) is 26.9. The molecule has 192 valence electrons. The van der Waals surface area contributed by atoms with Crippen LogP contribution in [0.4, 0.5) is 0 Å². The maximum atomic E-state index is 2.89. The quantitative estimate of drug-likeness (QED) is 0.332. The van der Waals surface area contributed by atoms with E-state index in [1.165, 1.54) is 36.5 Å². The van der Waals surface area contributed by atoms with Crippen LogP contribution in [0.1, 0.15) is 62.8 Å².